The van der Waals surface area contributed by atoms with E-state index in [1.807, 2.05) is 17.0 Å². The molecule has 1 aromatic rings. The number of hydrogen-bond acceptors (Lipinski definition) is 4. The van der Waals surface area contributed by atoms with Crippen LogP contribution in [0.1, 0.15) is 55.8 Å². The average molecular weight is 344 g/mol. The van der Waals surface area contributed by atoms with Crippen LogP contribution in [0.4, 0.5) is 0 Å². The second kappa shape index (κ2) is 8.48. The van der Waals surface area contributed by atoms with Gasteiger partial charge in [0.05, 0.1) is 6.61 Å². The van der Waals surface area contributed by atoms with Crippen LogP contribution in [0.25, 0.3) is 0 Å². The molecule has 0 aromatic heterocycles. The maximum atomic E-state index is 12.5. The lowest BCUT2D eigenvalue weighted by atomic mass is 10.0. The van der Waals surface area contributed by atoms with Gasteiger partial charge < -0.3 is 15.0 Å². The number of amides is 1. The van der Waals surface area contributed by atoms with Gasteiger partial charge in [-0.2, -0.15) is 0 Å². The molecule has 2 atom stereocenters. The Bertz CT molecular complexity index is 599. The van der Waals surface area contributed by atoms with Gasteiger partial charge >= 0.3 is 0 Å². The number of hydrogen-bond donors (Lipinski definition) is 1. The highest BCUT2D eigenvalue weighted by molar-refractivity contribution is 5.98. The van der Waals surface area contributed by atoms with Gasteiger partial charge in [0.1, 0.15) is 5.75 Å². The second-order valence-electron chi connectivity index (χ2n) is 7.06. The molecular formula is C20H28N2O3. The SMILES string of the molecule is CCCOc1ccc(C(=O)CCC(=O)N2CCC3CCC(C2)N3)cc1. The third kappa shape index (κ3) is 4.82. The summed E-state index contributed by atoms with van der Waals surface area (Å²) in [7, 11) is 0. The zero-order valence-electron chi connectivity index (χ0n) is 15.0. The molecule has 2 aliphatic rings. The minimum absolute atomic E-state index is 0.0184. The highest BCUT2D eigenvalue weighted by Crippen LogP contribution is 2.21. The first-order valence-corrected chi connectivity index (χ1v) is 9.45. The van der Waals surface area contributed by atoms with Crippen LogP contribution < -0.4 is 10.1 Å². The molecule has 2 fully saturated rings. The van der Waals surface area contributed by atoms with Crippen molar-refractivity contribution in [2.24, 2.45) is 0 Å². The van der Waals surface area contributed by atoms with Gasteiger partial charge in [0.15, 0.2) is 5.78 Å². The lowest BCUT2D eigenvalue weighted by Crippen LogP contribution is -2.39. The van der Waals surface area contributed by atoms with E-state index in [1.165, 1.54) is 6.42 Å². The van der Waals surface area contributed by atoms with Gasteiger partial charge in [-0.15, -0.1) is 0 Å². The van der Waals surface area contributed by atoms with Crippen LogP contribution in [-0.4, -0.2) is 48.4 Å². The molecule has 0 saturated carbocycles. The summed E-state index contributed by atoms with van der Waals surface area (Å²) in [6.45, 7) is 4.33. The Morgan fingerprint density at radius 1 is 1.12 bits per heavy atom. The molecule has 2 unspecified atom stereocenters. The third-order valence-electron chi connectivity index (χ3n) is 5.09. The van der Waals surface area contributed by atoms with Gasteiger partial charge in [-0.25, -0.2) is 0 Å². The van der Waals surface area contributed by atoms with Crippen molar-refractivity contribution in [3.05, 3.63) is 29.8 Å². The van der Waals surface area contributed by atoms with Gasteiger partial charge in [-0.05, 0) is 49.9 Å². The molecule has 1 amide bonds. The Kier molecular flexibility index (Phi) is 6.08. The number of rotatable bonds is 7. The molecule has 2 saturated heterocycles. The Morgan fingerprint density at radius 3 is 2.64 bits per heavy atom. The number of nitrogens with zero attached hydrogens (tertiary/aromatic N) is 1. The summed E-state index contributed by atoms with van der Waals surface area (Å²) in [5, 5.41) is 3.58. The molecule has 3 rings (SSSR count). The molecule has 0 radical (unpaired) electrons. The summed E-state index contributed by atoms with van der Waals surface area (Å²) in [6.07, 6.45) is 4.92. The molecule has 2 heterocycles. The van der Waals surface area contributed by atoms with Crippen molar-refractivity contribution in [3.63, 3.8) is 0 Å². The lowest BCUT2D eigenvalue weighted by molar-refractivity contribution is -0.131. The summed E-state index contributed by atoms with van der Waals surface area (Å²) < 4.78 is 5.53. The first-order valence-electron chi connectivity index (χ1n) is 9.45. The monoisotopic (exact) mass is 344 g/mol. The van der Waals surface area contributed by atoms with Crippen molar-refractivity contribution in [1.29, 1.82) is 0 Å². The third-order valence-corrected chi connectivity index (χ3v) is 5.09. The molecule has 1 aromatic carbocycles. The van der Waals surface area contributed by atoms with Crippen LogP contribution in [0.15, 0.2) is 24.3 Å². The van der Waals surface area contributed by atoms with E-state index in [0.29, 0.717) is 30.7 Å². The normalized spacial score (nSPS) is 22.5. The van der Waals surface area contributed by atoms with E-state index < -0.39 is 0 Å². The molecule has 5 nitrogen and oxygen atoms in total. The van der Waals surface area contributed by atoms with Crippen LogP contribution in [0, 0.1) is 0 Å². The number of carbonyl (C=O) groups excluding carboxylic acids is 2. The maximum absolute atomic E-state index is 12.5. The van der Waals surface area contributed by atoms with E-state index in [9.17, 15) is 9.59 Å². The Morgan fingerprint density at radius 2 is 1.88 bits per heavy atom. The van der Waals surface area contributed by atoms with Crippen molar-refractivity contribution >= 4 is 11.7 Å². The lowest BCUT2D eigenvalue weighted by Gasteiger charge is -2.24. The van der Waals surface area contributed by atoms with Crippen LogP contribution >= 0.6 is 0 Å². The van der Waals surface area contributed by atoms with E-state index in [0.717, 1.165) is 38.1 Å². The summed E-state index contributed by atoms with van der Waals surface area (Å²) in [5.74, 6) is 0.900. The molecular weight excluding hydrogens is 316 g/mol. The van der Waals surface area contributed by atoms with Crippen LogP contribution in [0.3, 0.4) is 0 Å². The molecule has 5 heteroatoms. The number of ketones is 1. The fourth-order valence-corrected chi connectivity index (χ4v) is 3.65. The number of Topliss-reactive ketones (excluding diaryl/α,β-unsaturated/α-hetero) is 1. The van der Waals surface area contributed by atoms with E-state index in [4.69, 9.17) is 4.74 Å². The van der Waals surface area contributed by atoms with E-state index >= 15 is 0 Å². The smallest absolute Gasteiger partial charge is 0.223 e. The first kappa shape index (κ1) is 17.9. The first-order chi connectivity index (χ1) is 12.2. The zero-order chi connectivity index (χ0) is 17.6. The quantitative estimate of drug-likeness (QED) is 0.773. The second-order valence-corrected chi connectivity index (χ2v) is 7.06. The topological polar surface area (TPSA) is 58.6 Å². The predicted octanol–water partition coefficient (Wildman–Crippen LogP) is 2.79. The van der Waals surface area contributed by atoms with Crippen molar-refractivity contribution in [1.82, 2.24) is 10.2 Å². The van der Waals surface area contributed by atoms with E-state index in [1.54, 1.807) is 12.1 Å². The minimum atomic E-state index is 0.0184. The number of benzene rings is 1. The number of likely N-dealkylation sites (tertiary alicyclic amines) is 1. The van der Waals surface area contributed by atoms with Crippen molar-refractivity contribution in [2.45, 2.75) is 57.5 Å². The van der Waals surface area contributed by atoms with Crippen molar-refractivity contribution in [3.8, 4) is 5.75 Å². The van der Waals surface area contributed by atoms with Crippen molar-refractivity contribution in [2.75, 3.05) is 19.7 Å². The number of fused-ring (bicyclic) bond motifs is 2. The largest absolute Gasteiger partial charge is 0.494 e. The fourth-order valence-electron chi connectivity index (χ4n) is 3.65. The van der Waals surface area contributed by atoms with Gasteiger partial charge in [0, 0.05) is 43.6 Å². The average Bonchev–Trinajstić information content (AvgIpc) is 2.96. The van der Waals surface area contributed by atoms with Gasteiger partial charge in [0.2, 0.25) is 5.91 Å². The number of ether oxygens (including phenoxy) is 1. The molecule has 0 spiro atoms. The maximum Gasteiger partial charge on any atom is 0.223 e. The van der Waals surface area contributed by atoms with Gasteiger partial charge in [-0.1, -0.05) is 6.92 Å². The Hall–Kier alpha value is -1.88. The van der Waals surface area contributed by atoms with E-state index in [-0.39, 0.29) is 18.1 Å². The standard InChI is InChI=1S/C20H28N2O3/c1-2-13-25-18-7-3-15(4-8-18)19(23)9-10-20(24)22-12-11-16-5-6-17(14-22)21-16/h3-4,7-8,16-17,21H,2,5-6,9-14H2,1H3. The number of carbonyl (C=O) groups is 2. The summed E-state index contributed by atoms with van der Waals surface area (Å²) in [5.41, 5.74) is 0.647. The summed E-state index contributed by atoms with van der Waals surface area (Å²) in [6, 6.07) is 8.21. The molecule has 136 valence electrons. The molecule has 25 heavy (non-hydrogen) atoms. The summed E-state index contributed by atoms with van der Waals surface area (Å²) >= 11 is 0. The zero-order valence-corrected chi connectivity index (χ0v) is 15.0. The van der Waals surface area contributed by atoms with Crippen LogP contribution in [-0.2, 0) is 4.79 Å². The van der Waals surface area contributed by atoms with Crippen molar-refractivity contribution < 1.29 is 14.3 Å². The minimum Gasteiger partial charge on any atom is -0.494 e. The fraction of sp³-hybridized carbons (Fsp3) is 0.600. The molecule has 0 aliphatic carbocycles. The number of nitrogens with one attached hydrogen (secondary N) is 1. The van der Waals surface area contributed by atoms with Crippen LogP contribution in [0.5, 0.6) is 5.75 Å². The van der Waals surface area contributed by atoms with Gasteiger partial charge in [-0.3, -0.25) is 9.59 Å². The molecule has 1 N–H and O–H groups in total. The highest BCUT2D eigenvalue weighted by atomic mass is 16.5. The Balaban J connectivity index is 1.47. The predicted molar refractivity (Wildman–Crippen MR) is 96.9 cm³/mol. The van der Waals surface area contributed by atoms with Gasteiger partial charge in [0.25, 0.3) is 0 Å². The summed E-state index contributed by atoms with van der Waals surface area (Å²) in [4.78, 5) is 26.7. The highest BCUT2D eigenvalue weighted by Gasteiger charge is 2.31. The molecule has 2 bridgehead atoms. The Labute approximate surface area is 149 Å². The molecule has 2 aliphatic heterocycles. The van der Waals surface area contributed by atoms with E-state index in [2.05, 4.69) is 12.2 Å². The van der Waals surface area contributed by atoms with Crippen LogP contribution in [0.2, 0.25) is 0 Å².